The molecule has 2 aliphatic rings. The topological polar surface area (TPSA) is 52.9 Å². The largest absolute Gasteiger partial charge is 0.352 e. The van der Waals surface area contributed by atoms with Crippen LogP contribution in [0.15, 0.2) is 46.1 Å². The van der Waals surface area contributed by atoms with Crippen LogP contribution in [-0.2, 0) is 4.79 Å². The number of rotatable bonds is 7. The fourth-order valence-electron chi connectivity index (χ4n) is 3.83. The van der Waals surface area contributed by atoms with Crippen molar-refractivity contribution in [2.24, 2.45) is 0 Å². The summed E-state index contributed by atoms with van der Waals surface area (Å²) in [6.45, 7) is 4.27. The van der Waals surface area contributed by atoms with E-state index in [1.54, 1.807) is 11.8 Å². The summed E-state index contributed by atoms with van der Waals surface area (Å²) in [7, 11) is 0. The summed E-state index contributed by atoms with van der Waals surface area (Å²) >= 11 is 1.74. The maximum absolute atomic E-state index is 12.7. The average Bonchev–Trinajstić information content (AvgIpc) is 2.67. The lowest BCUT2D eigenvalue weighted by Gasteiger charge is -2.33. The maximum Gasteiger partial charge on any atom is 0.161 e. The van der Waals surface area contributed by atoms with Gasteiger partial charge in [0, 0.05) is 17.7 Å². The number of allylic oxidation sites excluding steroid dienone is 3. The molecule has 1 unspecified atom stereocenters. The van der Waals surface area contributed by atoms with Crippen molar-refractivity contribution < 1.29 is 4.79 Å². The van der Waals surface area contributed by atoms with Gasteiger partial charge in [-0.2, -0.15) is 5.26 Å². The van der Waals surface area contributed by atoms with E-state index >= 15 is 0 Å². The maximum atomic E-state index is 12.7. The van der Waals surface area contributed by atoms with Crippen molar-refractivity contribution in [3.8, 4) is 6.07 Å². The predicted octanol–water partition coefficient (Wildman–Crippen LogP) is 5.74. The van der Waals surface area contributed by atoms with Crippen LogP contribution in [0.4, 0.5) is 0 Å². The molecule has 0 amide bonds. The number of nitrogens with one attached hydrogen (secondary N) is 1. The first-order valence-corrected chi connectivity index (χ1v) is 11.0. The monoisotopic (exact) mass is 380 g/mol. The number of aryl methyl sites for hydroxylation is 1. The Morgan fingerprint density at radius 1 is 1.19 bits per heavy atom. The number of hydrogen-bond acceptors (Lipinski definition) is 4. The quantitative estimate of drug-likeness (QED) is 0.613. The number of carbonyl (C=O) groups is 1. The van der Waals surface area contributed by atoms with Crippen LogP contribution in [0.1, 0.15) is 68.9 Å². The van der Waals surface area contributed by atoms with Crippen molar-refractivity contribution in [2.75, 3.05) is 5.75 Å². The number of unbranched alkanes of at least 4 members (excludes halogenated alkanes) is 3. The molecule has 0 aromatic heterocycles. The standard InChI is InChI=1S/C23H28N2OS/c1-3-4-5-6-14-27-23-18(15-24)21(17-12-10-16(2)11-13-17)22-19(25-23)8-7-9-20(22)26/h10-13,21,25H,3-9,14H2,1-2H3. The third-order valence-corrected chi connectivity index (χ3v) is 6.42. The molecule has 0 bridgehead atoms. The summed E-state index contributed by atoms with van der Waals surface area (Å²) in [6, 6.07) is 10.7. The zero-order valence-corrected chi connectivity index (χ0v) is 17.1. The van der Waals surface area contributed by atoms with Gasteiger partial charge in [0.05, 0.1) is 22.6 Å². The van der Waals surface area contributed by atoms with E-state index in [4.69, 9.17) is 0 Å². The normalized spacial score (nSPS) is 19.6. The molecule has 1 atom stereocenters. The minimum Gasteiger partial charge on any atom is -0.352 e. The van der Waals surface area contributed by atoms with Crippen molar-refractivity contribution in [3.05, 3.63) is 57.3 Å². The van der Waals surface area contributed by atoms with Gasteiger partial charge < -0.3 is 5.32 Å². The van der Waals surface area contributed by atoms with E-state index in [0.717, 1.165) is 46.9 Å². The minimum absolute atomic E-state index is 0.189. The molecule has 1 aliphatic carbocycles. The van der Waals surface area contributed by atoms with Gasteiger partial charge in [0.2, 0.25) is 0 Å². The number of thioether (sulfide) groups is 1. The molecule has 3 nitrogen and oxygen atoms in total. The molecule has 27 heavy (non-hydrogen) atoms. The Kier molecular flexibility index (Phi) is 6.79. The van der Waals surface area contributed by atoms with Crippen LogP contribution in [0, 0.1) is 18.3 Å². The summed E-state index contributed by atoms with van der Waals surface area (Å²) < 4.78 is 0. The summed E-state index contributed by atoms with van der Waals surface area (Å²) in [5.41, 5.74) is 4.78. The number of nitriles is 1. The first-order valence-electron chi connectivity index (χ1n) is 10.0. The first-order chi connectivity index (χ1) is 13.2. The van der Waals surface area contributed by atoms with Crippen LogP contribution in [0.3, 0.4) is 0 Å². The van der Waals surface area contributed by atoms with E-state index in [1.165, 1.54) is 24.8 Å². The number of Topliss-reactive ketones (excluding diaryl/α,β-unsaturated/α-hetero) is 1. The second-order valence-electron chi connectivity index (χ2n) is 7.40. The third-order valence-electron chi connectivity index (χ3n) is 5.32. The Labute approximate surface area is 166 Å². The Morgan fingerprint density at radius 3 is 2.67 bits per heavy atom. The molecule has 1 aliphatic heterocycles. The Morgan fingerprint density at radius 2 is 1.96 bits per heavy atom. The van der Waals surface area contributed by atoms with Gasteiger partial charge in [-0.15, -0.1) is 11.8 Å². The van der Waals surface area contributed by atoms with Gasteiger partial charge in [-0.3, -0.25) is 4.79 Å². The zero-order chi connectivity index (χ0) is 19.2. The summed E-state index contributed by atoms with van der Waals surface area (Å²) in [5, 5.41) is 14.4. The molecule has 1 aromatic rings. The van der Waals surface area contributed by atoms with E-state index < -0.39 is 0 Å². The highest BCUT2D eigenvalue weighted by Crippen LogP contribution is 2.44. The minimum atomic E-state index is -0.224. The Bertz CT molecular complexity index is 799. The third kappa shape index (κ3) is 4.47. The Balaban J connectivity index is 1.93. The van der Waals surface area contributed by atoms with Crippen molar-refractivity contribution in [1.82, 2.24) is 5.32 Å². The number of nitrogens with zero attached hydrogens (tertiary/aromatic N) is 1. The van der Waals surface area contributed by atoms with Gasteiger partial charge in [-0.1, -0.05) is 56.0 Å². The number of ketones is 1. The fourth-order valence-corrected chi connectivity index (χ4v) is 4.90. The van der Waals surface area contributed by atoms with Gasteiger partial charge in [-0.25, -0.2) is 0 Å². The van der Waals surface area contributed by atoms with Crippen molar-refractivity contribution in [3.63, 3.8) is 0 Å². The molecule has 142 valence electrons. The molecule has 3 rings (SSSR count). The van der Waals surface area contributed by atoms with E-state index in [2.05, 4.69) is 49.5 Å². The summed E-state index contributed by atoms with van der Waals surface area (Å²) in [5.74, 6) is 0.969. The molecule has 0 spiro atoms. The zero-order valence-electron chi connectivity index (χ0n) is 16.3. The SMILES string of the molecule is CCCCCCSC1=C(C#N)C(c2ccc(C)cc2)C2=C(CCCC2=O)N1. The lowest BCUT2D eigenvalue weighted by Crippen LogP contribution is -2.31. The highest BCUT2D eigenvalue weighted by molar-refractivity contribution is 8.03. The van der Waals surface area contributed by atoms with E-state index in [0.29, 0.717) is 12.0 Å². The smallest absolute Gasteiger partial charge is 0.161 e. The van der Waals surface area contributed by atoms with Crippen LogP contribution < -0.4 is 5.32 Å². The summed E-state index contributed by atoms with van der Waals surface area (Å²) in [6.07, 6.45) is 7.23. The number of carbonyl (C=O) groups excluding carboxylic acids is 1. The van der Waals surface area contributed by atoms with E-state index in [-0.39, 0.29) is 11.7 Å². The van der Waals surface area contributed by atoms with E-state index in [9.17, 15) is 10.1 Å². The van der Waals surface area contributed by atoms with Gasteiger partial charge in [0.15, 0.2) is 5.78 Å². The molecule has 1 heterocycles. The fraction of sp³-hybridized carbons (Fsp3) is 0.478. The van der Waals surface area contributed by atoms with Gasteiger partial charge in [0.25, 0.3) is 0 Å². The molecule has 4 heteroatoms. The lowest BCUT2D eigenvalue weighted by atomic mass is 9.77. The Hall–Kier alpha value is -1.99. The molecule has 0 fully saturated rings. The second kappa shape index (κ2) is 9.28. The van der Waals surface area contributed by atoms with Crippen LogP contribution >= 0.6 is 11.8 Å². The molecule has 0 saturated heterocycles. The van der Waals surface area contributed by atoms with Crippen LogP contribution in [0.5, 0.6) is 0 Å². The second-order valence-corrected chi connectivity index (χ2v) is 8.51. The molecule has 0 saturated carbocycles. The molecular weight excluding hydrogens is 352 g/mol. The molecule has 1 aromatic carbocycles. The molecular formula is C23H28N2OS. The van der Waals surface area contributed by atoms with Crippen LogP contribution in [0.2, 0.25) is 0 Å². The van der Waals surface area contributed by atoms with Gasteiger partial charge in [0.1, 0.15) is 0 Å². The van der Waals surface area contributed by atoms with Gasteiger partial charge >= 0.3 is 0 Å². The number of hydrogen-bond donors (Lipinski definition) is 1. The van der Waals surface area contributed by atoms with Crippen LogP contribution in [-0.4, -0.2) is 11.5 Å². The van der Waals surface area contributed by atoms with Crippen molar-refractivity contribution in [1.29, 1.82) is 5.26 Å². The van der Waals surface area contributed by atoms with Gasteiger partial charge in [-0.05, 0) is 37.5 Å². The molecule has 0 radical (unpaired) electrons. The first kappa shape index (κ1) is 19.8. The highest BCUT2D eigenvalue weighted by atomic mass is 32.2. The average molecular weight is 381 g/mol. The predicted molar refractivity (Wildman–Crippen MR) is 112 cm³/mol. The van der Waals surface area contributed by atoms with E-state index in [1.807, 2.05) is 0 Å². The number of benzene rings is 1. The summed E-state index contributed by atoms with van der Waals surface area (Å²) in [4.78, 5) is 12.7. The lowest BCUT2D eigenvalue weighted by molar-refractivity contribution is -0.116. The molecule has 1 N–H and O–H groups in total. The van der Waals surface area contributed by atoms with Crippen molar-refractivity contribution >= 4 is 17.5 Å². The van der Waals surface area contributed by atoms with Crippen LogP contribution in [0.25, 0.3) is 0 Å². The van der Waals surface area contributed by atoms with Crippen molar-refractivity contribution in [2.45, 2.75) is 64.7 Å². The highest BCUT2D eigenvalue weighted by Gasteiger charge is 2.36. The number of dihydropyridines is 1.